The van der Waals surface area contributed by atoms with E-state index in [1.54, 1.807) is 16.6 Å². The Hall–Kier alpha value is -1.96. The van der Waals surface area contributed by atoms with Crippen LogP contribution in [0.25, 0.3) is 0 Å². The maximum absolute atomic E-state index is 12.1. The van der Waals surface area contributed by atoms with Gasteiger partial charge in [0.05, 0.1) is 6.54 Å². The van der Waals surface area contributed by atoms with Crippen molar-refractivity contribution in [2.75, 3.05) is 12.3 Å². The molecule has 2 N–H and O–H groups in total. The number of rotatable bonds is 1. The minimum Gasteiger partial charge on any atom is -0.375 e. The number of carbonyl (C=O) groups is 1. The normalized spacial score (nSPS) is 14.7. The molecule has 17 heavy (non-hydrogen) atoms. The van der Waals surface area contributed by atoms with Gasteiger partial charge in [-0.25, -0.2) is 4.98 Å². The molecule has 1 aliphatic rings. The van der Waals surface area contributed by atoms with Crippen LogP contribution in [0.5, 0.6) is 0 Å². The molecule has 3 heterocycles. The van der Waals surface area contributed by atoms with Crippen molar-refractivity contribution in [2.24, 2.45) is 0 Å². The predicted octanol–water partition coefficient (Wildman–Crippen LogP) is -0.0272. The van der Waals surface area contributed by atoms with E-state index in [0.29, 0.717) is 30.5 Å². The second-order valence-corrected chi connectivity index (χ2v) is 4.63. The quantitative estimate of drug-likeness (QED) is 0.767. The third-order valence-electron chi connectivity index (χ3n) is 2.67. The zero-order chi connectivity index (χ0) is 11.8. The summed E-state index contributed by atoms with van der Waals surface area (Å²) in [6.45, 7) is 1.82. The molecule has 8 heteroatoms. The number of thiazole rings is 1. The molecule has 0 aromatic carbocycles. The minimum atomic E-state index is -0.104. The molecule has 2 aromatic rings. The molecular weight excluding hydrogens is 240 g/mol. The lowest BCUT2D eigenvalue weighted by atomic mass is 10.3. The highest BCUT2D eigenvalue weighted by Crippen LogP contribution is 2.16. The molecule has 1 aliphatic heterocycles. The average Bonchev–Trinajstić information content (AvgIpc) is 2.95. The number of nitrogens with zero attached hydrogens (tertiary/aromatic N) is 5. The molecular formula is C9H10N6OS. The zero-order valence-corrected chi connectivity index (χ0v) is 9.72. The van der Waals surface area contributed by atoms with Crippen LogP contribution in [0.1, 0.15) is 16.3 Å². The van der Waals surface area contributed by atoms with Gasteiger partial charge in [0.1, 0.15) is 12.0 Å². The molecule has 0 aliphatic carbocycles. The SMILES string of the molecule is Nc1nc(C(=O)N2CCn3cnnc3C2)cs1. The molecule has 0 radical (unpaired) electrons. The van der Waals surface area contributed by atoms with Crippen molar-refractivity contribution < 1.29 is 4.79 Å². The summed E-state index contributed by atoms with van der Waals surface area (Å²) in [5.41, 5.74) is 5.92. The molecule has 88 valence electrons. The lowest BCUT2D eigenvalue weighted by Gasteiger charge is -2.26. The largest absolute Gasteiger partial charge is 0.375 e. The first kappa shape index (κ1) is 10.2. The highest BCUT2D eigenvalue weighted by molar-refractivity contribution is 7.13. The number of amides is 1. The number of nitrogens with two attached hydrogens (primary N) is 1. The van der Waals surface area contributed by atoms with Crippen molar-refractivity contribution in [3.8, 4) is 0 Å². The number of hydrogen-bond acceptors (Lipinski definition) is 6. The van der Waals surface area contributed by atoms with E-state index in [0.717, 1.165) is 5.82 Å². The van der Waals surface area contributed by atoms with Gasteiger partial charge < -0.3 is 15.2 Å². The van der Waals surface area contributed by atoms with Crippen LogP contribution in [0, 0.1) is 0 Å². The maximum Gasteiger partial charge on any atom is 0.273 e. The number of carbonyl (C=O) groups excluding carboxylic acids is 1. The summed E-state index contributed by atoms with van der Waals surface area (Å²) in [6.07, 6.45) is 1.68. The number of nitrogen functional groups attached to an aromatic ring is 1. The molecule has 0 unspecified atom stereocenters. The highest BCUT2D eigenvalue weighted by atomic mass is 32.1. The van der Waals surface area contributed by atoms with E-state index in [4.69, 9.17) is 5.73 Å². The van der Waals surface area contributed by atoms with E-state index >= 15 is 0 Å². The summed E-state index contributed by atoms with van der Waals surface area (Å²) >= 11 is 1.27. The molecule has 0 saturated carbocycles. The first-order valence-electron chi connectivity index (χ1n) is 5.11. The van der Waals surface area contributed by atoms with Crippen LogP contribution >= 0.6 is 11.3 Å². The molecule has 2 aromatic heterocycles. The fraction of sp³-hybridized carbons (Fsp3) is 0.333. The smallest absolute Gasteiger partial charge is 0.273 e. The Morgan fingerprint density at radius 3 is 3.12 bits per heavy atom. The van der Waals surface area contributed by atoms with Gasteiger partial charge in [0, 0.05) is 18.5 Å². The van der Waals surface area contributed by atoms with Crippen LogP contribution in [0.3, 0.4) is 0 Å². The van der Waals surface area contributed by atoms with Gasteiger partial charge in [-0.15, -0.1) is 21.5 Å². The Morgan fingerprint density at radius 2 is 2.35 bits per heavy atom. The monoisotopic (exact) mass is 250 g/mol. The Balaban J connectivity index is 1.81. The van der Waals surface area contributed by atoms with Gasteiger partial charge in [-0.05, 0) is 0 Å². The van der Waals surface area contributed by atoms with Gasteiger partial charge in [-0.1, -0.05) is 0 Å². The Kier molecular flexibility index (Phi) is 2.29. The molecule has 0 bridgehead atoms. The van der Waals surface area contributed by atoms with Crippen LogP contribution in [0.4, 0.5) is 5.13 Å². The first-order valence-corrected chi connectivity index (χ1v) is 5.99. The topological polar surface area (TPSA) is 89.9 Å². The summed E-state index contributed by atoms with van der Waals surface area (Å²) in [5, 5.41) is 9.87. The van der Waals surface area contributed by atoms with Crippen LogP contribution in [0.15, 0.2) is 11.7 Å². The molecule has 1 amide bonds. The van der Waals surface area contributed by atoms with Gasteiger partial charge >= 0.3 is 0 Å². The number of anilines is 1. The predicted molar refractivity (Wildman–Crippen MR) is 61.3 cm³/mol. The fourth-order valence-electron chi connectivity index (χ4n) is 1.79. The maximum atomic E-state index is 12.1. The standard InChI is InChI=1S/C9H10N6OS/c10-9-12-6(4-17-9)8(16)14-1-2-15-5-11-13-7(15)3-14/h4-5H,1-3H2,(H2,10,12). The zero-order valence-electron chi connectivity index (χ0n) is 8.91. The van der Waals surface area contributed by atoms with Crippen molar-refractivity contribution in [2.45, 2.75) is 13.1 Å². The van der Waals surface area contributed by atoms with Crippen LogP contribution in [0.2, 0.25) is 0 Å². The van der Waals surface area contributed by atoms with E-state index in [-0.39, 0.29) is 5.91 Å². The first-order chi connectivity index (χ1) is 8.24. The minimum absolute atomic E-state index is 0.104. The van der Waals surface area contributed by atoms with E-state index in [1.165, 1.54) is 11.3 Å². The summed E-state index contributed by atoms with van der Waals surface area (Å²) in [7, 11) is 0. The van der Waals surface area contributed by atoms with E-state index < -0.39 is 0 Å². The van der Waals surface area contributed by atoms with Crippen molar-refractivity contribution in [1.82, 2.24) is 24.6 Å². The number of aromatic nitrogens is 4. The molecule has 0 saturated heterocycles. The van der Waals surface area contributed by atoms with Crippen molar-refractivity contribution in [3.63, 3.8) is 0 Å². The van der Waals surface area contributed by atoms with Crippen molar-refractivity contribution >= 4 is 22.4 Å². The molecule has 0 fully saturated rings. The van der Waals surface area contributed by atoms with Gasteiger partial charge in [0.15, 0.2) is 11.0 Å². The van der Waals surface area contributed by atoms with Gasteiger partial charge in [-0.3, -0.25) is 4.79 Å². The molecule has 0 atom stereocenters. The van der Waals surface area contributed by atoms with Crippen LogP contribution in [-0.4, -0.2) is 37.1 Å². The third-order valence-corrected chi connectivity index (χ3v) is 3.34. The van der Waals surface area contributed by atoms with Crippen LogP contribution in [-0.2, 0) is 13.1 Å². The van der Waals surface area contributed by atoms with Gasteiger partial charge in [-0.2, -0.15) is 0 Å². The van der Waals surface area contributed by atoms with Gasteiger partial charge in [0.25, 0.3) is 5.91 Å². The molecule has 7 nitrogen and oxygen atoms in total. The Morgan fingerprint density at radius 1 is 1.47 bits per heavy atom. The van der Waals surface area contributed by atoms with E-state index in [1.807, 2.05) is 4.57 Å². The fourth-order valence-corrected chi connectivity index (χ4v) is 2.32. The number of fused-ring (bicyclic) bond motifs is 1. The second-order valence-electron chi connectivity index (χ2n) is 3.74. The average molecular weight is 250 g/mol. The third kappa shape index (κ3) is 1.76. The Labute approximate surface area is 101 Å². The summed E-state index contributed by atoms with van der Waals surface area (Å²) in [6, 6.07) is 0. The van der Waals surface area contributed by atoms with Crippen molar-refractivity contribution in [1.29, 1.82) is 0 Å². The molecule has 0 spiro atoms. The number of hydrogen-bond donors (Lipinski definition) is 1. The summed E-state index contributed by atoms with van der Waals surface area (Å²) in [4.78, 5) is 17.8. The van der Waals surface area contributed by atoms with E-state index in [2.05, 4.69) is 15.2 Å². The Bertz CT molecular complexity index is 561. The van der Waals surface area contributed by atoms with E-state index in [9.17, 15) is 4.79 Å². The summed E-state index contributed by atoms with van der Waals surface area (Å²) < 4.78 is 1.94. The summed E-state index contributed by atoms with van der Waals surface area (Å²) in [5.74, 6) is 0.694. The van der Waals surface area contributed by atoms with Crippen LogP contribution < -0.4 is 5.73 Å². The molecule has 3 rings (SSSR count). The lowest BCUT2D eigenvalue weighted by molar-refractivity contribution is 0.0702. The van der Waals surface area contributed by atoms with Crippen molar-refractivity contribution in [3.05, 3.63) is 23.2 Å². The van der Waals surface area contributed by atoms with Gasteiger partial charge in [0.2, 0.25) is 0 Å². The highest BCUT2D eigenvalue weighted by Gasteiger charge is 2.24. The lowest BCUT2D eigenvalue weighted by Crippen LogP contribution is -2.38. The second kappa shape index (κ2) is 3.81.